The Bertz CT molecular complexity index is 242. The highest BCUT2D eigenvalue weighted by Gasteiger charge is 2.32. The molecule has 0 radical (unpaired) electrons. The fourth-order valence-corrected chi connectivity index (χ4v) is 2.67. The van der Waals surface area contributed by atoms with Gasteiger partial charge in [0.1, 0.15) is 0 Å². The summed E-state index contributed by atoms with van der Waals surface area (Å²) in [5, 5.41) is 3.70. The van der Waals surface area contributed by atoms with Crippen LogP contribution in [0.4, 0.5) is 0 Å². The molecule has 0 aromatic rings. The third kappa shape index (κ3) is 4.24. The Labute approximate surface area is 115 Å². The molecule has 1 fully saturated rings. The highest BCUT2D eigenvalue weighted by molar-refractivity contribution is 4.89. The predicted octanol–water partition coefficient (Wildman–Crippen LogP) is 3.38. The van der Waals surface area contributed by atoms with Crippen LogP contribution in [-0.4, -0.2) is 36.6 Å². The van der Waals surface area contributed by atoms with Gasteiger partial charge in [0, 0.05) is 31.7 Å². The summed E-state index contributed by atoms with van der Waals surface area (Å²) in [4.78, 5) is 2.74. The van der Waals surface area contributed by atoms with Crippen LogP contribution in [0.15, 0.2) is 0 Å². The van der Waals surface area contributed by atoms with Crippen LogP contribution in [0.2, 0.25) is 0 Å². The normalized spacial score (nSPS) is 28.7. The molecule has 0 saturated carbocycles. The van der Waals surface area contributed by atoms with Crippen molar-refractivity contribution >= 4 is 0 Å². The molecule has 1 N–H and O–H groups in total. The Morgan fingerprint density at radius 3 is 2.28 bits per heavy atom. The van der Waals surface area contributed by atoms with E-state index in [1.807, 2.05) is 0 Å². The van der Waals surface area contributed by atoms with Gasteiger partial charge >= 0.3 is 0 Å². The van der Waals surface area contributed by atoms with E-state index in [4.69, 9.17) is 0 Å². The fraction of sp³-hybridized carbons (Fsp3) is 1.00. The van der Waals surface area contributed by atoms with Gasteiger partial charge in [0.2, 0.25) is 0 Å². The van der Waals surface area contributed by atoms with Gasteiger partial charge in [0.15, 0.2) is 0 Å². The fourth-order valence-electron chi connectivity index (χ4n) is 2.67. The molecule has 0 bridgehead atoms. The summed E-state index contributed by atoms with van der Waals surface area (Å²) in [6.07, 6.45) is 1.24. The van der Waals surface area contributed by atoms with Crippen LogP contribution in [0.1, 0.15) is 54.9 Å². The van der Waals surface area contributed by atoms with Crippen molar-refractivity contribution in [2.75, 3.05) is 19.6 Å². The van der Waals surface area contributed by atoms with Crippen LogP contribution < -0.4 is 5.32 Å². The minimum absolute atomic E-state index is 0.411. The lowest BCUT2D eigenvalue weighted by molar-refractivity contribution is 0.0606. The molecule has 18 heavy (non-hydrogen) atoms. The first-order valence-electron chi connectivity index (χ1n) is 7.73. The second-order valence-electron chi connectivity index (χ2n) is 7.55. The molecule has 0 spiro atoms. The molecule has 0 aromatic carbocycles. The smallest absolute Gasteiger partial charge is 0.0244 e. The van der Waals surface area contributed by atoms with E-state index in [-0.39, 0.29) is 0 Å². The zero-order valence-electron chi connectivity index (χ0n) is 13.6. The van der Waals surface area contributed by atoms with E-state index in [1.165, 1.54) is 19.5 Å². The summed E-state index contributed by atoms with van der Waals surface area (Å²) in [7, 11) is 0. The lowest BCUT2D eigenvalue weighted by atomic mass is 9.81. The molecular weight excluding hydrogens is 220 g/mol. The van der Waals surface area contributed by atoms with Crippen molar-refractivity contribution in [2.45, 2.75) is 67.0 Å². The highest BCUT2D eigenvalue weighted by atomic mass is 15.2. The second-order valence-corrected chi connectivity index (χ2v) is 7.55. The summed E-state index contributed by atoms with van der Waals surface area (Å²) in [6.45, 7) is 20.1. The summed E-state index contributed by atoms with van der Waals surface area (Å²) in [5.41, 5.74) is 0.411. The van der Waals surface area contributed by atoms with Gasteiger partial charge in [0.05, 0.1) is 0 Å². The molecule has 0 aromatic heterocycles. The first-order valence-corrected chi connectivity index (χ1v) is 7.73. The first kappa shape index (κ1) is 16.0. The molecule has 0 amide bonds. The van der Waals surface area contributed by atoms with Crippen LogP contribution in [0.3, 0.4) is 0 Å². The van der Waals surface area contributed by atoms with Gasteiger partial charge in [0.25, 0.3) is 0 Å². The van der Waals surface area contributed by atoms with Gasteiger partial charge in [-0.3, -0.25) is 4.90 Å². The summed E-state index contributed by atoms with van der Waals surface area (Å²) < 4.78 is 0. The maximum absolute atomic E-state index is 3.70. The zero-order chi connectivity index (χ0) is 13.9. The third-order valence-corrected chi connectivity index (χ3v) is 4.79. The van der Waals surface area contributed by atoms with Gasteiger partial charge in [-0.25, -0.2) is 0 Å². The second kappa shape index (κ2) is 6.38. The topological polar surface area (TPSA) is 15.3 Å². The highest BCUT2D eigenvalue weighted by Crippen LogP contribution is 2.28. The maximum Gasteiger partial charge on any atom is 0.0244 e. The van der Waals surface area contributed by atoms with Gasteiger partial charge in [-0.2, -0.15) is 0 Å². The Morgan fingerprint density at radius 2 is 1.83 bits per heavy atom. The molecular formula is C16H34N2. The van der Waals surface area contributed by atoms with E-state index in [2.05, 4.69) is 58.7 Å². The molecule has 3 atom stereocenters. The number of piperazine rings is 1. The minimum atomic E-state index is 0.411. The molecule has 1 aliphatic heterocycles. The van der Waals surface area contributed by atoms with Crippen LogP contribution in [0.25, 0.3) is 0 Å². The molecule has 0 aliphatic carbocycles. The van der Waals surface area contributed by atoms with Crippen LogP contribution >= 0.6 is 0 Å². The first-order chi connectivity index (χ1) is 8.25. The predicted molar refractivity (Wildman–Crippen MR) is 80.9 cm³/mol. The Hall–Kier alpha value is -0.0800. The molecule has 2 heteroatoms. The molecule has 2 nitrogen and oxygen atoms in total. The molecule has 1 rings (SSSR count). The average molecular weight is 254 g/mol. The summed E-state index contributed by atoms with van der Waals surface area (Å²) in [6, 6.07) is 1.39. The largest absolute Gasteiger partial charge is 0.311 e. The Kier molecular flexibility index (Phi) is 5.67. The van der Waals surface area contributed by atoms with Crippen molar-refractivity contribution in [1.29, 1.82) is 0 Å². The van der Waals surface area contributed by atoms with E-state index in [9.17, 15) is 0 Å². The van der Waals surface area contributed by atoms with E-state index in [0.29, 0.717) is 17.5 Å². The average Bonchev–Trinajstić information content (AvgIpc) is 2.27. The van der Waals surface area contributed by atoms with Crippen LogP contribution in [-0.2, 0) is 0 Å². The number of hydrogen-bond acceptors (Lipinski definition) is 2. The van der Waals surface area contributed by atoms with Gasteiger partial charge in [-0.05, 0) is 23.7 Å². The monoisotopic (exact) mass is 254 g/mol. The van der Waals surface area contributed by atoms with Crippen molar-refractivity contribution in [3.63, 3.8) is 0 Å². The standard InChI is InChI=1S/C16H34N2/c1-8-14-11-18(10-13(4)16(5,6)7)15(9-17-14)12(2)3/h12-15,17H,8-11H2,1-7H3. The molecule has 3 unspecified atom stereocenters. The number of rotatable bonds is 4. The van der Waals surface area contributed by atoms with Crippen molar-refractivity contribution in [1.82, 2.24) is 10.2 Å². The summed E-state index contributed by atoms with van der Waals surface area (Å²) >= 11 is 0. The zero-order valence-corrected chi connectivity index (χ0v) is 13.6. The lowest BCUT2D eigenvalue weighted by Crippen LogP contribution is -2.59. The van der Waals surface area contributed by atoms with Crippen molar-refractivity contribution in [3.05, 3.63) is 0 Å². The Balaban J connectivity index is 2.67. The van der Waals surface area contributed by atoms with Crippen LogP contribution in [0.5, 0.6) is 0 Å². The molecule has 108 valence electrons. The van der Waals surface area contributed by atoms with Crippen molar-refractivity contribution in [2.24, 2.45) is 17.3 Å². The molecule has 1 saturated heterocycles. The molecule has 1 heterocycles. The van der Waals surface area contributed by atoms with E-state index in [1.54, 1.807) is 0 Å². The SMILES string of the molecule is CCC1CN(CC(C)C(C)(C)C)C(C(C)C)CN1. The van der Waals surface area contributed by atoms with Gasteiger partial charge in [-0.15, -0.1) is 0 Å². The lowest BCUT2D eigenvalue weighted by Gasteiger charge is -2.45. The number of nitrogens with one attached hydrogen (secondary N) is 1. The van der Waals surface area contributed by atoms with E-state index in [0.717, 1.165) is 18.4 Å². The quantitative estimate of drug-likeness (QED) is 0.827. The van der Waals surface area contributed by atoms with E-state index < -0.39 is 0 Å². The van der Waals surface area contributed by atoms with Crippen molar-refractivity contribution < 1.29 is 0 Å². The van der Waals surface area contributed by atoms with Gasteiger partial charge < -0.3 is 5.32 Å². The Morgan fingerprint density at radius 1 is 1.22 bits per heavy atom. The number of nitrogens with zero attached hydrogens (tertiary/aromatic N) is 1. The van der Waals surface area contributed by atoms with Gasteiger partial charge in [-0.1, -0.05) is 48.5 Å². The summed E-state index contributed by atoms with van der Waals surface area (Å²) in [5.74, 6) is 1.48. The van der Waals surface area contributed by atoms with Crippen molar-refractivity contribution in [3.8, 4) is 0 Å². The van der Waals surface area contributed by atoms with Crippen LogP contribution in [0, 0.1) is 17.3 Å². The minimum Gasteiger partial charge on any atom is -0.311 e. The molecule has 1 aliphatic rings. The third-order valence-electron chi connectivity index (χ3n) is 4.79. The number of hydrogen-bond donors (Lipinski definition) is 1. The maximum atomic E-state index is 3.70. The van der Waals surface area contributed by atoms with E-state index >= 15 is 0 Å².